The topological polar surface area (TPSA) is 78.0 Å². The van der Waals surface area contributed by atoms with Gasteiger partial charge in [-0.25, -0.2) is 4.98 Å². The molecule has 0 saturated carbocycles. The van der Waals surface area contributed by atoms with E-state index in [-0.39, 0.29) is 17.2 Å². The van der Waals surface area contributed by atoms with Crippen LogP contribution in [0.5, 0.6) is 0 Å². The average Bonchev–Trinajstić information content (AvgIpc) is 3.11. The molecule has 32 heavy (non-hydrogen) atoms. The second-order valence-electron chi connectivity index (χ2n) is 7.66. The number of anilines is 1. The normalized spacial score (nSPS) is 11.8. The lowest BCUT2D eigenvalue weighted by Gasteiger charge is -2.10. The molecule has 2 heterocycles. The number of rotatable bonds is 0. The Morgan fingerprint density at radius 2 is 1.53 bits per heavy atom. The molecule has 5 nitrogen and oxygen atoms in total. The van der Waals surface area contributed by atoms with Crippen LogP contribution in [0.1, 0.15) is 27.3 Å². The number of aromatic nitrogens is 2. The van der Waals surface area contributed by atoms with E-state index in [2.05, 4.69) is 16.8 Å². The molecule has 0 atom stereocenters. The van der Waals surface area contributed by atoms with Gasteiger partial charge in [-0.05, 0) is 41.8 Å². The third-order valence-electron chi connectivity index (χ3n) is 5.70. The lowest BCUT2D eigenvalue weighted by molar-refractivity contribution is 0.103. The summed E-state index contributed by atoms with van der Waals surface area (Å²) in [5.41, 5.74) is 9.09. The summed E-state index contributed by atoms with van der Waals surface area (Å²) in [7, 11) is 0. The lowest BCUT2D eigenvalue weighted by atomic mass is 9.98. The fraction of sp³-hybridized carbons (Fsp3) is 0. The summed E-state index contributed by atoms with van der Waals surface area (Å²) in [5.74, 6) is 6.20. The molecule has 1 aliphatic rings. The molecular weight excluding hydrogens is 398 g/mol. The number of nitrogen functional groups attached to an aromatic ring is 1. The Hall–Kier alpha value is -4.69. The number of hydrogen-bond acceptors (Lipinski definition) is 4. The molecule has 0 amide bonds. The number of nitrogens with two attached hydrogens (primary N) is 1. The van der Waals surface area contributed by atoms with Gasteiger partial charge in [0.2, 0.25) is 5.78 Å². The predicted octanol–water partition coefficient (Wildman–Crippen LogP) is 4.07. The second-order valence-corrected chi connectivity index (χ2v) is 7.66. The van der Waals surface area contributed by atoms with Crippen LogP contribution in [-0.4, -0.2) is 15.3 Å². The van der Waals surface area contributed by atoms with Gasteiger partial charge in [0.25, 0.3) is 5.56 Å². The Balaban J connectivity index is 1.68. The highest BCUT2D eigenvalue weighted by Gasteiger charge is 2.32. The van der Waals surface area contributed by atoms with E-state index in [1.165, 1.54) is 4.57 Å². The molecule has 0 aliphatic carbocycles. The van der Waals surface area contributed by atoms with Gasteiger partial charge in [0.15, 0.2) is 5.82 Å². The molecule has 0 bridgehead atoms. The maximum Gasteiger partial charge on any atom is 0.266 e. The first-order chi connectivity index (χ1) is 15.6. The average molecular weight is 413 g/mol. The molecule has 1 aromatic heterocycles. The van der Waals surface area contributed by atoms with E-state index in [0.717, 1.165) is 21.9 Å². The number of ketones is 1. The third-order valence-corrected chi connectivity index (χ3v) is 5.70. The Kier molecular flexibility index (Phi) is 3.77. The van der Waals surface area contributed by atoms with Gasteiger partial charge in [0.05, 0.1) is 22.2 Å². The van der Waals surface area contributed by atoms with Crippen LogP contribution >= 0.6 is 0 Å². The standard InChI is InChI=1S/C27H15N3O2/c28-18-12-13-23-21(15-18)27(32)30-24-20-9-5-4-8-19(20)17(11-10-16-6-2-1-3-7-16)14-22(24)25(31)26(30)29-23/h1-9,12-15H,28H2. The molecule has 4 aromatic carbocycles. The Morgan fingerprint density at radius 1 is 0.781 bits per heavy atom. The zero-order valence-corrected chi connectivity index (χ0v) is 16.8. The summed E-state index contributed by atoms with van der Waals surface area (Å²) >= 11 is 0. The third kappa shape index (κ3) is 2.57. The molecule has 0 radical (unpaired) electrons. The summed E-state index contributed by atoms with van der Waals surface area (Å²) in [6.45, 7) is 0. The zero-order valence-electron chi connectivity index (χ0n) is 16.8. The Labute approximate surface area is 182 Å². The number of hydrogen-bond donors (Lipinski definition) is 1. The van der Waals surface area contributed by atoms with Gasteiger partial charge in [-0.2, -0.15) is 0 Å². The van der Waals surface area contributed by atoms with Crippen molar-refractivity contribution in [2.45, 2.75) is 0 Å². The minimum Gasteiger partial charge on any atom is -0.399 e. The first-order valence-corrected chi connectivity index (χ1v) is 10.1. The maximum absolute atomic E-state index is 13.4. The largest absolute Gasteiger partial charge is 0.399 e. The van der Waals surface area contributed by atoms with E-state index in [9.17, 15) is 9.59 Å². The van der Waals surface area contributed by atoms with E-state index in [1.54, 1.807) is 24.3 Å². The number of carbonyl (C=O) groups excluding carboxylic acids is 1. The molecule has 1 aliphatic heterocycles. The predicted molar refractivity (Wildman–Crippen MR) is 125 cm³/mol. The van der Waals surface area contributed by atoms with Crippen LogP contribution in [0.4, 0.5) is 5.69 Å². The van der Waals surface area contributed by atoms with Crippen LogP contribution in [0.2, 0.25) is 0 Å². The van der Waals surface area contributed by atoms with Gasteiger partial charge in [-0.1, -0.05) is 54.3 Å². The van der Waals surface area contributed by atoms with Gasteiger partial charge in [0.1, 0.15) is 0 Å². The number of nitrogens with zero attached hydrogens (tertiary/aromatic N) is 2. The minimum atomic E-state index is -0.308. The number of carbonyl (C=O) groups is 1. The summed E-state index contributed by atoms with van der Waals surface area (Å²) < 4.78 is 1.41. The molecule has 5 aromatic rings. The summed E-state index contributed by atoms with van der Waals surface area (Å²) in [4.78, 5) is 31.2. The van der Waals surface area contributed by atoms with E-state index in [1.807, 2.05) is 54.6 Å². The lowest BCUT2D eigenvalue weighted by Crippen LogP contribution is -2.21. The molecule has 2 N–H and O–H groups in total. The summed E-state index contributed by atoms with van der Waals surface area (Å²) in [5, 5.41) is 2.03. The van der Waals surface area contributed by atoms with Crippen molar-refractivity contribution in [2.24, 2.45) is 0 Å². The molecule has 0 fully saturated rings. The van der Waals surface area contributed by atoms with Crippen molar-refractivity contribution in [3.63, 3.8) is 0 Å². The van der Waals surface area contributed by atoms with Gasteiger partial charge in [-0.15, -0.1) is 0 Å². The van der Waals surface area contributed by atoms with Crippen LogP contribution in [0.15, 0.2) is 83.7 Å². The van der Waals surface area contributed by atoms with Crippen molar-refractivity contribution in [1.29, 1.82) is 0 Å². The minimum absolute atomic E-state index is 0.112. The Morgan fingerprint density at radius 3 is 2.34 bits per heavy atom. The van der Waals surface area contributed by atoms with Gasteiger partial charge in [-0.3, -0.25) is 14.2 Å². The first kappa shape index (κ1) is 18.1. The second kappa shape index (κ2) is 6.66. The summed E-state index contributed by atoms with van der Waals surface area (Å²) in [6, 6.07) is 24.0. The number of fused-ring (bicyclic) bond motifs is 6. The quantitative estimate of drug-likeness (QED) is 0.301. The van der Waals surface area contributed by atoms with Crippen molar-refractivity contribution in [1.82, 2.24) is 9.55 Å². The SMILES string of the molecule is Nc1ccc2nc3n(c(=O)c2c1)-c1c(cc(C#Cc2ccccc2)c2ccccc12)C3=O. The van der Waals surface area contributed by atoms with Crippen molar-refractivity contribution >= 4 is 33.1 Å². The highest BCUT2D eigenvalue weighted by Crippen LogP contribution is 2.35. The van der Waals surface area contributed by atoms with Crippen LogP contribution in [0.25, 0.3) is 27.4 Å². The Bertz CT molecular complexity index is 1720. The van der Waals surface area contributed by atoms with Crippen LogP contribution < -0.4 is 11.3 Å². The molecule has 0 spiro atoms. The van der Waals surface area contributed by atoms with Crippen molar-refractivity contribution in [2.75, 3.05) is 5.73 Å². The molecule has 150 valence electrons. The van der Waals surface area contributed by atoms with Crippen LogP contribution in [0, 0.1) is 11.8 Å². The van der Waals surface area contributed by atoms with E-state index < -0.39 is 0 Å². The first-order valence-electron chi connectivity index (χ1n) is 10.1. The van der Waals surface area contributed by atoms with Gasteiger partial charge in [0, 0.05) is 22.2 Å². The van der Waals surface area contributed by atoms with Crippen LogP contribution in [0.3, 0.4) is 0 Å². The van der Waals surface area contributed by atoms with E-state index in [4.69, 9.17) is 5.73 Å². The molecule has 0 saturated heterocycles. The molecule has 5 heteroatoms. The highest BCUT2D eigenvalue weighted by molar-refractivity contribution is 6.18. The van der Waals surface area contributed by atoms with Crippen molar-refractivity contribution in [3.05, 3.63) is 112 Å². The van der Waals surface area contributed by atoms with Crippen molar-refractivity contribution in [3.8, 4) is 17.5 Å². The highest BCUT2D eigenvalue weighted by atomic mass is 16.1. The number of benzene rings is 4. The van der Waals surface area contributed by atoms with Crippen molar-refractivity contribution < 1.29 is 4.79 Å². The fourth-order valence-electron chi connectivity index (χ4n) is 4.22. The zero-order chi connectivity index (χ0) is 21.8. The smallest absolute Gasteiger partial charge is 0.266 e. The van der Waals surface area contributed by atoms with Crippen LogP contribution in [-0.2, 0) is 0 Å². The monoisotopic (exact) mass is 413 g/mol. The molecule has 0 unspecified atom stereocenters. The summed E-state index contributed by atoms with van der Waals surface area (Å²) in [6.07, 6.45) is 0. The van der Waals surface area contributed by atoms with Gasteiger partial charge < -0.3 is 5.73 Å². The molecule has 6 rings (SSSR count). The maximum atomic E-state index is 13.4. The van der Waals surface area contributed by atoms with E-state index >= 15 is 0 Å². The molecular formula is C27H15N3O2. The fourth-order valence-corrected chi connectivity index (χ4v) is 4.22. The van der Waals surface area contributed by atoms with E-state index in [0.29, 0.717) is 27.8 Å². The van der Waals surface area contributed by atoms with Gasteiger partial charge >= 0.3 is 0 Å².